The predicted octanol–water partition coefficient (Wildman–Crippen LogP) is 1.58. The van der Waals surface area contributed by atoms with Gasteiger partial charge in [-0.1, -0.05) is 12.1 Å². The summed E-state index contributed by atoms with van der Waals surface area (Å²) in [4.78, 5) is 31.0. The van der Waals surface area contributed by atoms with Gasteiger partial charge in [0.25, 0.3) is 0 Å². The first-order valence-electron chi connectivity index (χ1n) is 6.15. The third kappa shape index (κ3) is 3.48. The third-order valence-corrected chi connectivity index (χ3v) is 3.75. The molecule has 0 radical (unpaired) electrons. The molecule has 5 nitrogen and oxygen atoms in total. The minimum Gasteiger partial charge on any atom is -0.310 e. The number of nitrogens with zero attached hydrogens (tertiary/aromatic N) is 1. The van der Waals surface area contributed by atoms with Crippen molar-refractivity contribution in [1.29, 1.82) is 0 Å². The van der Waals surface area contributed by atoms with E-state index in [0.29, 0.717) is 18.9 Å². The van der Waals surface area contributed by atoms with Crippen molar-refractivity contribution in [1.82, 2.24) is 5.48 Å². The first-order valence-corrected chi connectivity index (χ1v) is 7.13. The zero-order chi connectivity index (χ0) is 13.7. The van der Waals surface area contributed by atoms with Gasteiger partial charge in [0.05, 0.1) is 18.0 Å². The van der Waals surface area contributed by atoms with Crippen molar-refractivity contribution in [2.45, 2.75) is 18.2 Å². The van der Waals surface area contributed by atoms with Crippen LogP contribution in [0.3, 0.4) is 0 Å². The number of hydrogen-bond acceptors (Lipinski definition) is 4. The monoisotopic (exact) mass is 280 g/mol. The zero-order valence-corrected chi connectivity index (χ0v) is 11.5. The Morgan fingerprint density at radius 1 is 1.47 bits per heavy atom. The molecule has 102 valence electrons. The summed E-state index contributed by atoms with van der Waals surface area (Å²) in [5, 5.41) is 0. The second-order valence-corrected chi connectivity index (χ2v) is 5.03. The van der Waals surface area contributed by atoms with Crippen molar-refractivity contribution < 1.29 is 14.4 Å². The molecule has 1 aromatic carbocycles. The Morgan fingerprint density at radius 3 is 3.05 bits per heavy atom. The fourth-order valence-corrected chi connectivity index (χ4v) is 2.75. The number of para-hydroxylation sites is 1. The number of carbonyl (C=O) groups is 2. The van der Waals surface area contributed by atoms with Gasteiger partial charge in [-0.3, -0.25) is 14.4 Å². The summed E-state index contributed by atoms with van der Waals surface area (Å²) in [5.41, 5.74) is 3.21. The van der Waals surface area contributed by atoms with Crippen molar-refractivity contribution in [3.8, 4) is 0 Å². The van der Waals surface area contributed by atoms with Gasteiger partial charge < -0.3 is 4.90 Å². The van der Waals surface area contributed by atoms with Gasteiger partial charge in [-0.15, -0.1) is 11.8 Å². The molecule has 0 fully saturated rings. The van der Waals surface area contributed by atoms with E-state index in [2.05, 4.69) is 5.48 Å². The highest BCUT2D eigenvalue weighted by Crippen LogP contribution is 2.34. The highest BCUT2D eigenvalue weighted by molar-refractivity contribution is 8.00. The summed E-state index contributed by atoms with van der Waals surface area (Å²) < 4.78 is 0. The lowest BCUT2D eigenvalue weighted by Gasteiger charge is -2.28. The molecule has 1 N–H and O–H groups in total. The number of anilines is 1. The highest BCUT2D eigenvalue weighted by Gasteiger charge is 2.24. The van der Waals surface area contributed by atoms with Crippen molar-refractivity contribution >= 4 is 29.3 Å². The Hall–Kier alpha value is -1.53. The summed E-state index contributed by atoms with van der Waals surface area (Å²) >= 11 is 1.53. The average Bonchev–Trinajstić information content (AvgIpc) is 2.44. The van der Waals surface area contributed by atoms with E-state index >= 15 is 0 Å². The van der Waals surface area contributed by atoms with Gasteiger partial charge in [0.1, 0.15) is 0 Å². The average molecular weight is 280 g/mol. The number of benzene rings is 1. The van der Waals surface area contributed by atoms with E-state index in [-0.39, 0.29) is 18.2 Å². The van der Waals surface area contributed by atoms with Crippen molar-refractivity contribution in [2.75, 3.05) is 23.8 Å². The predicted molar refractivity (Wildman–Crippen MR) is 73.9 cm³/mol. The molecule has 0 bridgehead atoms. The van der Waals surface area contributed by atoms with E-state index in [0.717, 1.165) is 10.6 Å². The van der Waals surface area contributed by atoms with Crippen LogP contribution in [0.5, 0.6) is 0 Å². The minimum atomic E-state index is -0.217. The molecular formula is C13H16N2O3S. The number of rotatable bonds is 5. The quantitative estimate of drug-likeness (QED) is 0.832. The summed E-state index contributed by atoms with van der Waals surface area (Å²) in [7, 11) is 0. The smallest absolute Gasteiger partial charge is 0.245 e. The normalized spacial score (nSPS) is 14.2. The van der Waals surface area contributed by atoms with Crippen LogP contribution in [0, 0.1) is 0 Å². The van der Waals surface area contributed by atoms with E-state index in [1.54, 1.807) is 11.8 Å². The molecule has 0 saturated heterocycles. The van der Waals surface area contributed by atoms with Gasteiger partial charge >= 0.3 is 0 Å². The molecular weight excluding hydrogens is 264 g/mol. The Bertz CT molecular complexity index is 479. The number of carbonyl (C=O) groups excluding carboxylic acids is 2. The standard InChI is InChI=1S/C13H16N2O3S/c1-2-18-14-12(16)7-8-15-10-5-3-4-6-11(10)19-9-13(15)17/h3-6H,2,7-9H2,1H3,(H,14,16). The first-order chi connectivity index (χ1) is 9.22. The van der Waals surface area contributed by atoms with Crippen LogP contribution < -0.4 is 10.4 Å². The minimum absolute atomic E-state index is 0.0351. The van der Waals surface area contributed by atoms with Crippen LogP contribution in [0.25, 0.3) is 0 Å². The lowest BCUT2D eigenvalue weighted by molar-refractivity contribution is -0.133. The summed E-state index contributed by atoms with van der Waals surface area (Å²) in [6.45, 7) is 2.59. The van der Waals surface area contributed by atoms with Gasteiger partial charge in [0, 0.05) is 17.9 Å². The Labute approximate surface area is 116 Å². The fourth-order valence-electron chi connectivity index (χ4n) is 1.82. The lowest BCUT2D eigenvalue weighted by Crippen LogP contribution is -2.38. The number of thioether (sulfide) groups is 1. The van der Waals surface area contributed by atoms with E-state index in [9.17, 15) is 9.59 Å². The molecule has 0 unspecified atom stereocenters. The molecule has 0 atom stereocenters. The maximum atomic E-state index is 11.9. The second kappa shape index (κ2) is 6.58. The van der Waals surface area contributed by atoms with Gasteiger partial charge in [-0.05, 0) is 19.1 Å². The molecule has 19 heavy (non-hydrogen) atoms. The largest absolute Gasteiger partial charge is 0.310 e. The number of hydroxylamine groups is 1. The molecule has 2 amide bonds. The molecule has 0 saturated carbocycles. The van der Waals surface area contributed by atoms with Crippen LogP contribution >= 0.6 is 11.8 Å². The first kappa shape index (κ1) is 13.9. The molecule has 1 aromatic rings. The van der Waals surface area contributed by atoms with Crippen LogP contribution in [-0.4, -0.2) is 30.7 Å². The van der Waals surface area contributed by atoms with Crippen molar-refractivity contribution in [3.63, 3.8) is 0 Å². The Balaban J connectivity index is 1.99. The fraction of sp³-hybridized carbons (Fsp3) is 0.385. The summed E-state index contributed by atoms with van der Waals surface area (Å²) in [6, 6.07) is 7.73. The maximum absolute atomic E-state index is 11.9. The summed E-state index contributed by atoms with van der Waals surface area (Å²) in [6.07, 6.45) is 0.227. The molecule has 0 aromatic heterocycles. The van der Waals surface area contributed by atoms with E-state index in [1.807, 2.05) is 24.3 Å². The molecule has 2 rings (SSSR count). The number of fused-ring (bicyclic) bond motifs is 1. The zero-order valence-electron chi connectivity index (χ0n) is 10.7. The molecule has 6 heteroatoms. The topological polar surface area (TPSA) is 58.6 Å². The van der Waals surface area contributed by atoms with Crippen LogP contribution in [0.15, 0.2) is 29.2 Å². The van der Waals surface area contributed by atoms with E-state index in [1.165, 1.54) is 11.8 Å². The third-order valence-electron chi connectivity index (χ3n) is 2.70. The van der Waals surface area contributed by atoms with Crippen LogP contribution in [0.4, 0.5) is 5.69 Å². The summed E-state index contributed by atoms with van der Waals surface area (Å²) in [5.74, 6) is 0.239. The second-order valence-electron chi connectivity index (χ2n) is 4.01. The number of nitrogens with one attached hydrogen (secondary N) is 1. The van der Waals surface area contributed by atoms with Gasteiger partial charge in [-0.25, -0.2) is 5.48 Å². The van der Waals surface area contributed by atoms with Crippen molar-refractivity contribution in [2.24, 2.45) is 0 Å². The highest BCUT2D eigenvalue weighted by atomic mass is 32.2. The molecule has 1 aliphatic rings. The van der Waals surface area contributed by atoms with Gasteiger partial charge in [-0.2, -0.15) is 0 Å². The van der Waals surface area contributed by atoms with E-state index in [4.69, 9.17) is 4.84 Å². The van der Waals surface area contributed by atoms with Crippen LogP contribution in [-0.2, 0) is 14.4 Å². The van der Waals surface area contributed by atoms with Crippen LogP contribution in [0.2, 0.25) is 0 Å². The molecule has 0 spiro atoms. The molecule has 1 aliphatic heterocycles. The molecule has 0 aliphatic carbocycles. The lowest BCUT2D eigenvalue weighted by atomic mass is 10.2. The molecule has 1 heterocycles. The number of hydrogen-bond donors (Lipinski definition) is 1. The van der Waals surface area contributed by atoms with Crippen molar-refractivity contribution in [3.05, 3.63) is 24.3 Å². The Kier molecular flexibility index (Phi) is 4.81. The number of amides is 2. The van der Waals surface area contributed by atoms with Gasteiger partial charge in [0.15, 0.2) is 0 Å². The Morgan fingerprint density at radius 2 is 2.26 bits per heavy atom. The SMILES string of the molecule is CCONC(=O)CCN1C(=O)CSc2ccccc21. The van der Waals surface area contributed by atoms with Gasteiger partial charge in [0.2, 0.25) is 11.8 Å². The van der Waals surface area contributed by atoms with E-state index < -0.39 is 0 Å². The van der Waals surface area contributed by atoms with Crippen LogP contribution in [0.1, 0.15) is 13.3 Å². The maximum Gasteiger partial charge on any atom is 0.245 e.